The molecule has 1 aromatic heterocycles. The van der Waals surface area contributed by atoms with Gasteiger partial charge in [-0.05, 0) is 19.1 Å². The molecule has 1 fully saturated rings. The highest BCUT2D eigenvalue weighted by atomic mass is 19.3. The van der Waals surface area contributed by atoms with E-state index in [0.717, 1.165) is 19.0 Å². The number of ether oxygens (including phenoxy) is 1. The lowest BCUT2D eigenvalue weighted by atomic mass is 10.1. The fourth-order valence-electron chi connectivity index (χ4n) is 2.83. The largest absolute Gasteiger partial charge is 0.370 e. The number of aryl methyl sites for hydroxylation is 1. The summed E-state index contributed by atoms with van der Waals surface area (Å²) in [6, 6.07) is 5.39. The van der Waals surface area contributed by atoms with E-state index in [4.69, 9.17) is 4.74 Å². The van der Waals surface area contributed by atoms with Gasteiger partial charge >= 0.3 is 6.03 Å². The zero-order valence-electron chi connectivity index (χ0n) is 14.8. The van der Waals surface area contributed by atoms with Crippen molar-refractivity contribution in [3.8, 4) is 0 Å². The maximum absolute atomic E-state index is 13.4. The first-order chi connectivity index (χ1) is 12.4. The molecule has 1 aromatic carbocycles. The van der Waals surface area contributed by atoms with Crippen LogP contribution in [-0.2, 0) is 17.2 Å². The molecule has 2 aromatic rings. The number of carbonyl (C=O) groups is 1. The van der Waals surface area contributed by atoms with Crippen molar-refractivity contribution in [3.05, 3.63) is 47.8 Å². The molecule has 0 radical (unpaired) electrons. The van der Waals surface area contributed by atoms with E-state index in [-0.39, 0.29) is 17.7 Å². The van der Waals surface area contributed by atoms with Crippen molar-refractivity contribution in [2.45, 2.75) is 32.4 Å². The molecule has 0 spiro atoms. The number of benzene rings is 1. The molecule has 0 unspecified atom stereocenters. The Hall–Kier alpha value is -2.48. The van der Waals surface area contributed by atoms with Crippen LogP contribution in [0.2, 0.25) is 0 Å². The number of aromatic nitrogens is 2. The highest BCUT2D eigenvalue weighted by Crippen LogP contribution is 2.29. The summed E-state index contributed by atoms with van der Waals surface area (Å²) in [5, 5.41) is 6.92. The summed E-state index contributed by atoms with van der Waals surface area (Å²) < 4.78 is 34.4. The minimum atomic E-state index is -2.95. The van der Waals surface area contributed by atoms with E-state index in [1.807, 2.05) is 13.1 Å². The SMILES string of the molecule is CCn1cc([C@@H]2CN(C(=O)Nc3cccc(C(C)(F)F)c3)CCO2)cn1. The third-order valence-electron chi connectivity index (χ3n) is 4.32. The normalized spacial score (nSPS) is 18.0. The lowest BCUT2D eigenvalue weighted by Crippen LogP contribution is -2.44. The van der Waals surface area contributed by atoms with Crippen molar-refractivity contribution >= 4 is 11.7 Å². The predicted molar refractivity (Wildman–Crippen MR) is 93.2 cm³/mol. The minimum Gasteiger partial charge on any atom is -0.370 e. The molecule has 2 heterocycles. The number of carbonyl (C=O) groups excluding carboxylic acids is 1. The molecule has 140 valence electrons. The Kier molecular flexibility index (Phi) is 5.22. The number of hydrogen-bond acceptors (Lipinski definition) is 3. The van der Waals surface area contributed by atoms with Crippen LogP contribution in [-0.4, -0.2) is 40.4 Å². The van der Waals surface area contributed by atoms with E-state index in [0.29, 0.717) is 25.4 Å². The summed E-state index contributed by atoms with van der Waals surface area (Å²) in [7, 11) is 0. The topological polar surface area (TPSA) is 59.4 Å². The molecule has 8 heteroatoms. The van der Waals surface area contributed by atoms with Crippen LogP contribution < -0.4 is 5.32 Å². The van der Waals surface area contributed by atoms with Gasteiger partial charge < -0.3 is 15.0 Å². The number of morpholine rings is 1. The van der Waals surface area contributed by atoms with Gasteiger partial charge in [0, 0.05) is 43.0 Å². The van der Waals surface area contributed by atoms with Gasteiger partial charge in [0.1, 0.15) is 6.10 Å². The van der Waals surface area contributed by atoms with E-state index in [9.17, 15) is 13.6 Å². The fourth-order valence-corrected chi connectivity index (χ4v) is 2.83. The number of rotatable bonds is 4. The van der Waals surface area contributed by atoms with Crippen molar-refractivity contribution in [2.75, 3.05) is 25.0 Å². The lowest BCUT2D eigenvalue weighted by Gasteiger charge is -2.32. The quantitative estimate of drug-likeness (QED) is 0.901. The Labute approximate surface area is 150 Å². The Morgan fingerprint density at radius 3 is 2.96 bits per heavy atom. The third-order valence-corrected chi connectivity index (χ3v) is 4.32. The van der Waals surface area contributed by atoms with Gasteiger partial charge in [-0.2, -0.15) is 5.10 Å². The predicted octanol–water partition coefficient (Wildman–Crippen LogP) is 3.62. The summed E-state index contributed by atoms with van der Waals surface area (Å²) in [5.41, 5.74) is 1.12. The molecule has 0 saturated carbocycles. The van der Waals surface area contributed by atoms with Gasteiger partial charge in [-0.1, -0.05) is 12.1 Å². The molecule has 1 aliphatic rings. The average Bonchev–Trinajstić information content (AvgIpc) is 3.10. The molecule has 3 rings (SSSR count). The number of anilines is 1. The van der Waals surface area contributed by atoms with Crippen molar-refractivity contribution in [2.24, 2.45) is 0 Å². The molecule has 6 nitrogen and oxygen atoms in total. The van der Waals surface area contributed by atoms with Crippen LogP contribution in [0, 0.1) is 0 Å². The first kappa shape index (κ1) is 18.3. The number of nitrogens with zero attached hydrogens (tertiary/aromatic N) is 3. The van der Waals surface area contributed by atoms with Gasteiger partial charge in [0.2, 0.25) is 0 Å². The summed E-state index contributed by atoms with van der Waals surface area (Å²) in [6.07, 6.45) is 3.39. The molecule has 0 bridgehead atoms. The number of alkyl halides is 2. The van der Waals surface area contributed by atoms with Crippen LogP contribution >= 0.6 is 0 Å². The monoisotopic (exact) mass is 364 g/mol. The molecular weight excluding hydrogens is 342 g/mol. The first-order valence-electron chi connectivity index (χ1n) is 8.55. The minimum absolute atomic E-state index is 0.137. The molecule has 26 heavy (non-hydrogen) atoms. The van der Waals surface area contributed by atoms with Gasteiger partial charge in [0.05, 0.1) is 19.3 Å². The molecule has 1 N–H and O–H groups in total. The van der Waals surface area contributed by atoms with Gasteiger partial charge in [-0.25, -0.2) is 13.6 Å². The van der Waals surface area contributed by atoms with Crippen LogP contribution in [0.1, 0.15) is 31.1 Å². The third kappa shape index (κ3) is 4.19. The maximum Gasteiger partial charge on any atom is 0.322 e. The number of nitrogens with one attached hydrogen (secondary N) is 1. The van der Waals surface area contributed by atoms with Crippen LogP contribution in [0.5, 0.6) is 0 Å². The standard InChI is InChI=1S/C18H22F2N4O2/c1-3-24-11-13(10-21-24)16-12-23(7-8-26-16)17(25)22-15-6-4-5-14(9-15)18(2,19)20/h4-6,9-11,16H,3,7-8,12H2,1-2H3,(H,22,25)/t16-/m0/s1. The molecule has 1 aliphatic heterocycles. The summed E-state index contributed by atoms with van der Waals surface area (Å²) in [5.74, 6) is -2.95. The molecule has 1 atom stereocenters. The number of halogens is 2. The molecule has 2 amide bonds. The van der Waals surface area contributed by atoms with Crippen LogP contribution in [0.3, 0.4) is 0 Å². The first-order valence-corrected chi connectivity index (χ1v) is 8.55. The van der Waals surface area contributed by atoms with Crippen LogP contribution in [0.15, 0.2) is 36.7 Å². The summed E-state index contributed by atoms with van der Waals surface area (Å²) in [6.45, 7) is 4.81. The second-order valence-electron chi connectivity index (χ2n) is 6.33. The van der Waals surface area contributed by atoms with E-state index in [1.165, 1.54) is 18.2 Å². The van der Waals surface area contributed by atoms with Crippen molar-refractivity contribution < 1.29 is 18.3 Å². The number of urea groups is 1. The maximum atomic E-state index is 13.4. The second-order valence-corrected chi connectivity index (χ2v) is 6.33. The highest BCUT2D eigenvalue weighted by Gasteiger charge is 2.27. The Bertz CT molecular complexity index is 773. The van der Waals surface area contributed by atoms with Crippen molar-refractivity contribution in [1.29, 1.82) is 0 Å². The van der Waals surface area contributed by atoms with Gasteiger partial charge in [0.15, 0.2) is 0 Å². The van der Waals surface area contributed by atoms with Crippen LogP contribution in [0.4, 0.5) is 19.3 Å². The van der Waals surface area contributed by atoms with Crippen LogP contribution in [0.25, 0.3) is 0 Å². The smallest absolute Gasteiger partial charge is 0.322 e. The van der Waals surface area contributed by atoms with Crippen molar-refractivity contribution in [1.82, 2.24) is 14.7 Å². The Balaban J connectivity index is 1.66. The summed E-state index contributed by atoms with van der Waals surface area (Å²) in [4.78, 5) is 14.1. The molecular formula is C18H22F2N4O2. The average molecular weight is 364 g/mol. The fraction of sp³-hybridized carbons (Fsp3) is 0.444. The lowest BCUT2D eigenvalue weighted by molar-refractivity contribution is -0.0135. The number of amides is 2. The van der Waals surface area contributed by atoms with E-state index in [1.54, 1.807) is 21.8 Å². The molecule has 0 aliphatic carbocycles. The highest BCUT2D eigenvalue weighted by molar-refractivity contribution is 5.89. The number of hydrogen-bond donors (Lipinski definition) is 1. The van der Waals surface area contributed by atoms with E-state index < -0.39 is 5.92 Å². The zero-order valence-corrected chi connectivity index (χ0v) is 14.8. The van der Waals surface area contributed by atoms with Gasteiger partial charge in [-0.15, -0.1) is 0 Å². The van der Waals surface area contributed by atoms with E-state index >= 15 is 0 Å². The van der Waals surface area contributed by atoms with Gasteiger partial charge in [0.25, 0.3) is 5.92 Å². The zero-order chi connectivity index (χ0) is 18.7. The Morgan fingerprint density at radius 1 is 1.46 bits per heavy atom. The van der Waals surface area contributed by atoms with Gasteiger partial charge in [-0.3, -0.25) is 4.68 Å². The van der Waals surface area contributed by atoms with E-state index in [2.05, 4.69) is 10.4 Å². The summed E-state index contributed by atoms with van der Waals surface area (Å²) >= 11 is 0. The second kappa shape index (κ2) is 7.41. The molecule has 1 saturated heterocycles. The van der Waals surface area contributed by atoms with Crippen molar-refractivity contribution in [3.63, 3.8) is 0 Å². The Morgan fingerprint density at radius 2 is 2.27 bits per heavy atom.